The standard InChI is InChI=1S/C17H16N2O/c18-12-15-9-5-4-8-14(15)10-16(11-17(19)20)13-6-2-1-3-7-13/h1-9,16H,10-11H2,(H2,19,20). The van der Waals surface area contributed by atoms with Gasteiger partial charge in [0.1, 0.15) is 0 Å². The van der Waals surface area contributed by atoms with Crippen molar-refractivity contribution in [1.82, 2.24) is 0 Å². The zero-order chi connectivity index (χ0) is 14.4. The number of rotatable bonds is 5. The van der Waals surface area contributed by atoms with Gasteiger partial charge in [-0.15, -0.1) is 0 Å². The van der Waals surface area contributed by atoms with Crippen LogP contribution in [0.4, 0.5) is 0 Å². The van der Waals surface area contributed by atoms with Gasteiger partial charge in [-0.05, 0) is 29.5 Å². The van der Waals surface area contributed by atoms with E-state index in [0.717, 1.165) is 11.1 Å². The van der Waals surface area contributed by atoms with Crippen LogP contribution >= 0.6 is 0 Å². The smallest absolute Gasteiger partial charge is 0.218 e. The van der Waals surface area contributed by atoms with Crippen molar-refractivity contribution in [1.29, 1.82) is 5.26 Å². The topological polar surface area (TPSA) is 66.9 Å². The molecule has 0 aliphatic heterocycles. The van der Waals surface area contributed by atoms with Crippen LogP contribution < -0.4 is 5.73 Å². The van der Waals surface area contributed by atoms with Crippen molar-refractivity contribution in [2.45, 2.75) is 18.8 Å². The second kappa shape index (κ2) is 6.53. The van der Waals surface area contributed by atoms with E-state index < -0.39 is 0 Å². The lowest BCUT2D eigenvalue weighted by molar-refractivity contribution is -0.118. The molecule has 20 heavy (non-hydrogen) atoms. The molecular weight excluding hydrogens is 248 g/mol. The number of benzene rings is 2. The Morgan fingerprint density at radius 1 is 1.10 bits per heavy atom. The number of nitrogens with two attached hydrogens (primary N) is 1. The van der Waals surface area contributed by atoms with Crippen LogP contribution in [0, 0.1) is 11.3 Å². The minimum Gasteiger partial charge on any atom is -0.370 e. The molecule has 0 bridgehead atoms. The molecule has 1 unspecified atom stereocenters. The molecule has 100 valence electrons. The lowest BCUT2D eigenvalue weighted by atomic mass is 9.87. The molecule has 0 saturated heterocycles. The molecule has 0 aromatic heterocycles. The third-order valence-corrected chi connectivity index (χ3v) is 3.32. The Kier molecular flexibility index (Phi) is 4.52. The molecule has 1 amide bonds. The molecule has 2 aromatic rings. The molecule has 3 heteroatoms. The van der Waals surface area contributed by atoms with Crippen molar-refractivity contribution in [3.05, 3.63) is 71.3 Å². The van der Waals surface area contributed by atoms with Gasteiger partial charge in [-0.1, -0.05) is 48.5 Å². The monoisotopic (exact) mass is 264 g/mol. The van der Waals surface area contributed by atoms with Crippen LogP contribution in [0.15, 0.2) is 54.6 Å². The average Bonchev–Trinajstić information content (AvgIpc) is 2.47. The molecule has 2 rings (SSSR count). The number of carbonyl (C=O) groups is 1. The lowest BCUT2D eigenvalue weighted by Gasteiger charge is -2.16. The highest BCUT2D eigenvalue weighted by Crippen LogP contribution is 2.25. The van der Waals surface area contributed by atoms with Crippen molar-refractivity contribution >= 4 is 5.91 Å². The van der Waals surface area contributed by atoms with Gasteiger partial charge in [0.15, 0.2) is 0 Å². The Morgan fingerprint density at radius 2 is 1.75 bits per heavy atom. The highest BCUT2D eigenvalue weighted by Gasteiger charge is 2.16. The van der Waals surface area contributed by atoms with Gasteiger partial charge in [-0.2, -0.15) is 5.26 Å². The normalized spacial score (nSPS) is 11.6. The maximum absolute atomic E-state index is 11.3. The van der Waals surface area contributed by atoms with Crippen LogP contribution in [-0.4, -0.2) is 5.91 Å². The summed E-state index contributed by atoms with van der Waals surface area (Å²) in [6.07, 6.45) is 0.917. The van der Waals surface area contributed by atoms with E-state index in [4.69, 9.17) is 11.0 Å². The summed E-state index contributed by atoms with van der Waals surface area (Å²) in [5.74, 6) is -0.323. The minimum atomic E-state index is -0.326. The third-order valence-electron chi connectivity index (χ3n) is 3.32. The Morgan fingerprint density at radius 3 is 2.40 bits per heavy atom. The molecule has 0 fully saturated rings. The second-order valence-electron chi connectivity index (χ2n) is 4.75. The molecule has 0 spiro atoms. The van der Waals surface area contributed by atoms with Gasteiger partial charge in [0.25, 0.3) is 0 Å². The predicted octanol–water partition coefficient (Wildman–Crippen LogP) is 2.76. The molecule has 0 aliphatic carbocycles. The molecule has 0 radical (unpaired) electrons. The fourth-order valence-corrected chi connectivity index (χ4v) is 2.35. The van der Waals surface area contributed by atoms with E-state index in [1.807, 2.05) is 48.5 Å². The van der Waals surface area contributed by atoms with Crippen LogP contribution in [0.3, 0.4) is 0 Å². The number of hydrogen-bond acceptors (Lipinski definition) is 2. The molecule has 0 saturated carbocycles. The van der Waals surface area contributed by atoms with Gasteiger partial charge < -0.3 is 5.73 Å². The van der Waals surface area contributed by atoms with Crippen LogP contribution in [0.1, 0.15) is 29.0 Å². The van der Waals surface area contributed by atoms with Gasteiger partial charge in [0, 0.05) is 6.42 Å². The Bertz CT molecular complexity index is 629. The Labute approximate surface area is 118 Å². The van der Waals surface area contributed by atoms with E-state index in [9.17, 15) is 4.79 Å². The van der Waals surface area contributed by atoms with Gasteiger partial charge >= 0.3 is 0 Å². The number of nitrogens with zero attached hydrogens (tertiary/aromatic N) is 1. The lowest BCUT2D eigenvalue weighted by Crippen LogP contribution is -2.17. The summed E-state index contributed by atoms with van der Waals surface area (Å²) in [7, 11) is 0. The molecule has 2 N–H and O–H groups in total. The van der Waals surface area contributed by atoms with Crippen molar-refractivity contribution in [2.75, 3.05) is 0 Å². The summed E-state index contributed by atoms with van der Waals surface area (Å²) in [5, 5.41) is 9.14. The van der Waals surface area contributed by atoms with E-state index in [0.29, 0.717) is 12.0 Å². The fourth-order valence-electron chi connectivity index (χ4n) is 2.35. The van der Waals surface area contributed by atoms with Crippen LogP contribution in [0.5, 0.6) is 0 Å². The molecule has 3 nitrogen and oxygen atoms in total. The third kappa shape index (κ3) is 3.46. The van der Waals surface area contributed by atoms with Gasteiger partial charge in [0.2, 0.25) is 5.91 Å². The van der Waals surface area contributed by atoms with Crippen molar-refractivity contribution < 1.29 is 4.79 Å². The fraction of sp³-hybridized carbons (Fsp3) is 0.176. The highest BCUT2D eigenvalue weighted by molar-refractivity contribution is 5.74. The van der Waals surface area contributed by atoms with E-state index in [-0.39, 0.29) is 18.2 Å². The number of primary amides is 1. The largest absolute Gasteiger partial charge is 0.370 e. The van der Waals surface area contributed by atoms with Crippen LogP contribution in [0.2, 0.25) is 0 Å². The quantitative estimate of drug-likeness (QED) is 0.902. The highest BCUT2D eigenvalue weighted by atomic mass is 16.1. The zero-order valence-corrected chi connectivity index (χ0v) is 11.1. The first-order valence-electron chi connectivity index (χ1n) is 6.52. The van der Waals surface area contributed by atoms with Crippen molar-refractivity contribution in [3.63, 3.8) is 0 Å². The van der Waals surface area contributed by atoms with Crippen molar-refractivity contribution in [3.8, 4) is 6.07 Å². The maximum Gasteiger partial charge on any atom is 0.218 e. The van der Waals surface area contributed by atoms with E-state index >= 15 is 0 Å². The van der Waals surface area contributed by atoms with Gasteiger partial charge in [0.05, 0.1) is 11.6 Å². The maximum atomic E-state index is 11.3. The summed E-state index contributed by atoms with van der Waals surface area (Å²) < 4.78 is 0. The zero-order valence-electron chi connectivity index (χ0n) is 11.1. The predicted molar refractivity (Wildman–Crippen MR) is 77.9 cm³/mol. The minimum absolute atomic E-state index is 0.00296. The number of nitriles is 1. The first-order valence-corrected chi connectivity index (χ1v) is 6.52. The molecule has 2 aromatic carbocycles. The first-order chi connectivity index (χ1) is 9.70. The average molecular weight is 264 g/mol. The van der Waals surface area contributed by atoms with Crippen LogP contribution in [-0.2, 0) is 11.2 Å². The number of carbonyl (C=O) groups excluding carboxylic acids is 1. The van der Waals surface area contributed by atoms with Gasteiger partial charge in [-0.25, -0.2) is 0 Å². The molecule has 0 heterocycles. The number of amides is 1. The summed E-state index contributed by atoms with van der Waals surface area (Å²) in [6, 6.07) is 19.5. The number of hydrogen-bond donors (Lipinski definition) is 1. The summed E-state index contributed by atoms with van der Waals surface area (Å²) in [5.41, 5.74) is 8.02. The van der Waals surface area contributed by atoms with Gasteiger partial charge in [-0.3, -0.25) is 4.79 Å². The first kappa shape index (κ1) is 13.8. The van der Waals surface area contributed by atoms with E-state index in [2.05, 4.69) is 6.07 Å². The molecule has 1 atom stereocenters. The Hall–Kier alpha value is -2.60. The Balaban J connectivity index is 2.29. The molecule has 0 aliphatic rings. The van der Waals surface area contributed by atoms with E-state index in [1.165, 1.54) is 0 Å². The summed E-state index contributed by atoms with van der Waals surface area (Å²) >= 11 is 0. The summed E-state index contributed by atoms with van der Waals surface area (Å²) in [6.45, 7) is 0. The SMILES string of the molecule is N#Cc1ccccc1CC(CC(N)=O)c1ccccc1. The van der Waals surface area contributed by atoms with E-state index in [1.54, 1.807) is 6.07 Å². The molecular formula is C17H16N2O. The van der Waals surface area contributed by atoms with Crippen molar-refractivity contribution in [2.24, 2.45) is 5.73 Å². The van der Waals surface area contributed by atoms with Crippen LogP contribution in [0.25, 0.3) is 0 Å². The second-order valence-corrected chi connectivity index (χ2v) is 4.75. The summed E-state index contributed by atoms with van der Waals surface area (Å²) in [4.78, 5) is 11.3.